The van der Waals surface area contributed by atoms with Crippen molar-refractivity contribution in [3.8, 4) is 5.88 Å². The molecule has 5 heteroatoms. The minimum absolute atomic E-state index is 0.111. The highest BCUT2D eigenvalue weighted by atomic mass is 16.5. The number of ketones is 1. The molecule has 1 N–H and O–H groups in total. The molecule has 0 amide bonds. The molecular weight excluding hydrogens is 290 g/mol. The van der Waals surface area contributed by atoms with Crippen molar-refractivity contribution in [1.82, 2.24) is 14.9 Å². The quantitative estimate of drug-likeness (QED) is 0.711. The molecule has 3 rings (SSSR count). The fourth-order valence-corrected chi connectivity index (χ4v) is 2.35. The molecule has 23 heavy (non-hydrogen) atoms. The van der Waals surface area contributed by atoms with E-state index in [-0.39, 0.29) is 5.78 Å². The van der Waals surface area contributed by atoms with Gasteiger partial charge in [-0.2, -0.15) is 0 Å². The molecule has 0 aliphatic heterocycles. The fourth-order valence-electron chi connectivity index (χ4n) is 2.35. The van der Waals surface area contributed by atoms with Gasteiger partial charge in [0.15, 0.2) is 0 Å². The molecule has 2 heterocycles. The van der Waals surface area contributed by atoms with Gasteiger partial charge in [-0.15, -0.1) is 0 Å². The highest BCUT2D eigenvalue weighted by Gasteiger charge is 2.15. The summed E-state index contributed by atoms with van der Waals surface area (Å²) >= 11 is 0. The van der Waals surface area contributed by atoms with Crippen LogP contribution in [-0.4, -0.2) is 47.9 Å². The summed E-state index contributed by atoms with van der Waals surface area (Å²) in [6.07, 6.45) is 1.73. The van der Waals surface area contributed by atoms with Crippen molar-refractivity contribution < 1.29 is 9.53 Å². The van der Waals surface area contributed by atoms with Crippen LogP contribution in [0.2, 0.25) is 0 Å². The van der Waals surface area contributed by atoms with E-state index < -0.39 is 0 Å². The first-order chi connectivity index (χ1) is 11.1. The van der Waals surface area contributed by atoms with Gasteiger partial charge in [-0.1, -0.05) is 24.3 Å². The number of H-pyrrole nitrogens is 1. The number of pyridine rings is 1. The summed E-state index contributed by atoms with van der Waals surface area (Å²) in [5.74, 6) is 0.359. The van der Waals surface area contributed by atoms with Crippen LogP contribution >= 0.6 is 0 Å². The summed E-state index contributed by atoms with van der Waals surface area (Å²) in [6, 6.07) is 13.0. The number of aromatic amines is 1. The smallest absolute Gasteiger partial charge is 0.213 e. The highest BCUT2D eigenvalue weighted by molar-refractivity contribution is 6.15. The minimum atomic E-state index is -0.111. The number of hydrogen-bond acceptors (Lipinski definition) is 4. The number of ether oxygens (including phenoxy) is 1. The van der Waals surface area contributed by atoms with Crippen molar-refractivity contribution in [3.05, 3.63) is 59.9 Å². The lowest BCUT2D eigenvalue weighted by Gasteiger charge is -2.10. The summed E-state index contributed by atoms with van der Waals surface area (Å²) in [5, 5.41) is 0.901. The van der Waals surface area contributed by atoms with Crippen molar-refractivity contribution in [2.45, 2.75) is 0 Å². The van der Waals surface area contributed by atoms with Crippen LogP contribution in [0.3, 0.4) is 0 Å². The van der Waals surface area contributed by atoms with Gasteiger partial charge >= 0.3 is 0 Å². The number of carbonyl (C=O) groups is 1. The molecule has 0 aliphatic rings. The van der Waals surface area contributed by atoms with E-state index in [1.165, 1.54) is 0 Å². The van der Waals surface area contributed by atoms with Gasteiger partial charge in [-0.3, -0.25) is 4.79 Å². The van der Waals surface area contributed by atoms with Crippen molar-refractivity contribution in [2.75, 3.05) is 27.2 Å². The van der Waals surface area contributed by atoms with E-state index in [1.807, 2.05) is 43.3 Å². The molecule has 0 aliphatic carbocycles. The number of carbonyl (C=O) groups excluding carboxylic acids is 1. The van der Waals surface area contributed by atoms with Gasteiger partial charge in [0, 0.05) is 35.3 Å². The maximum atomic E-state index is 12.7. The Morgan fingerprint density at radius 3 is 2.83 bits per heavy atom. The molecule has 2 aromatic heterocycles. The molecule has 0 bridgehead atoms. The summed E-state index contributed by atoms with van der Waals surface area (Å²) in [4.78, 5) is 22.2. The van der Waals surface area contributed by atoms with E-state index >= 15 is 0 Å². The molecule has 0 saturated carbocycles. The summed E-state index contributed by atoms with van der Waals surface area (Å²) in [6.45, 7) is 1.33. The van der Waals surface area contributed by atoms with Crippen molar-refractivity contribution in [1.29, 1.82) is 0 Å². The second-order valence-electron chi connectivity index (χ2n) is 5.59. The maximum absolute atomic E-state index is 12.7. The van der Waals surface area contributed by atoms with Crippen LogP contribution in [0.15, 0.2) is 48.7 Å². The first-order valence-electron chi connectivity index (χ1n) is 7.50. The Hall–Kier alpha value is -2.66. The Morgan fingerprint density at radius 2 is 2.00 bits per heavy atom. The van der Waals surface area contributed by atoms with Gasteiger partial charge in [0.25, 0.3) is 0 Å². The number of aromatic nitrogens is 2. The molecule has 0 spiro atoms. The Balaban J connectivity index is 1.82. The zero-order chi connectivity index (χ0) is 16.2. The molecule has 1 aromatic carbocycles. The first-order valence-corrected chi connectivity index (χ1v) is 7.50. The van der Waals surface area contributed by atoms with Gasteiger partial charge < -0.3 is 14.6 Å². The lowest BCUT2D eigenvalue weighted by Crippen LogP contribution is -2.19. The fraction of sp³-hybridized carbons (Fsp3) is 0.222. The number of likely N-dealkylation sites (N-methyl/N-ethyl adjacent to an activating group) is 1. The lowest BCUT2D eigenvalue weighted by atomic mass is 10.1. The van der Waals surface area contributed by atoms with Gasteiger partial charge in [-0.25, -0.2) is 4.98 Å². The number of para-hydroxylation sites is 1. The van der Waals surface area contributed by atoms with Crippen LogP contribution < -0.4 is 4.74 Å². The van der Waals surface area contributed by atoms with Crippen molar-refractivity contribution in [2.24, 2.45) is 0 Å². The van der Waals surface area contributed by atoms with Crippen LogP contribution in [0.5, 0.6) is 5.88 Å². The van der Waals surface area contributed by atoms with E-state index in [9.17, 15) is 4.79 Å². The average molecular weight is 309 g/mol. The third-order valence-corrected chi connectivity index (χ3v) is 3.58. The predicted molar refractivity (Wildman–Crippen MR) is 90.0 cm³/mol. The maximum Gasteiger partial charge on any atom is 0.213 e. The normalized spacial score (nSPS) is 11.1. The number of nitrogens with one attached hydrogen (secondary N) is 1. The molecule has 5 nitrogen and oxygen atoms in total. The zero-order valence-corrected chi connectivity index (χ0v) is 13.2. The molecule has 0 radical (unpaired) electrons. The average Bonchev–Trinajstić information content (AvgIpc) is 2.98. The topological polar surface area (TPSA) is 58.2 Å². The van der Waals surface area contributed by atoms with Gasteiger partial charge in [0.1, 0.15) is 12.3 Å². The molecular formula is C18H19N3O2. The number of nitrogens with zero attached hydrogens (tertiary/aromatic N) is 2. The standard InChI is InChI=1S/C18H19N3O2/c1-21(2)10-11-23-17-9-5-8-16(20-17)18(22)14-12-19-15-7-4-3-6-13(14)15/h3-9,12,19H,10-11H2,1-2H3. The predicted octanol–water partition coefficient (Wildman–Crippen LogP) is 2.73. The molecule has 0 unspecified atom stereocenters. The Labute approximate surface area is 134 Å². The Bertz CT molecular complexity index is 824. The molecule has 118 valence electrons. The van der Waals surface area contributed by atoms with Gasteiger partial charge in [0.05, 0.1) is 0 Å². The van der Waals surface area contributed by atoms with Crippen LogP contribution in [-0.2, 0) is 0 Å². The second kappa shape index (κ2) is 6.62. The third kappa shape index (κ3) is 3.40. The molecule has 0 atom stereocenters. The van der Waals surface area contributed by atoms with Crippen LogP contribution in [0, 0.1) is 0 Å². The monoisotopic (exact) mass is 309 g/mol. The SMILES string of the molecule is CN(C)CCOc1cccc(C(=O)c2c[nH]c3ccccc23)n1. The lowest BCUT2D eigenvalue weighted by molar-refractivity contribution is 0.103. The number of benzene rings is 1. The largest absolute Gasteiger partial charge is 0.476 e. The van der Waals surface area contributed by atoms with E-state index in [1.54, 1.807) is 24.4 Å². The first kappa shape index (κ1) is 15.2. The zero-order valence-electron chi connectivity index (χ0n) is 13.2. The van der Waals surface area contributed by atoms with Crippen LogP contribution in [0.1, 0.15) is 16.1 Å². The number of hydrogen-bond donors (Lipinski definition) is 1. The molecule has 3 aromatic rings. The third-order valence-electron chi connectivity index (χ3n) is 3.58. The molecule has 0 saturated heterocycles. The molecule has 0 fully saturated rings. The van der Waals surface area contributed by atoms with E-state index in [2.05, 4.69) is 9.97 Å². The summed E-state index contributed by atoms with van der Waals surface area (Å²) in [5.41, 5.74) is 1.95. The van der Waals surface area contributed by atoms with E-state index in [4.69, 9.17) is 4.74 Å². The van der Waals surface area contributed by atoms with Crippen molar-refractivity contribution in [3.63, 3.8) is 0 Å². The highest BCUT2D eigenvalue weighted by Crippen LogP contribution is 2.21. The van der Waals surface area contributed by atoms with Crippen LogP contribution in [0.4, 0.5) is 0 Å². The van der Waals surface area contributed by atoms with E-state index in [0.29, 0.717) is 23.7 Å². The van der Waals surface area contributed by atoms with Gasteiger partial charge in [0.2, 0.25) is 11.7 Å². The van der Waals surface area contributed by atoms with E-state index in [0.717, 1.165) is 17.4 Å². The number of fused-ring (bicyclic) bond motifs is 1. The minimum Gasteiger partial charge on any atom is -0.476 e. The Kier molecular flexibility index (Phi) is 4.39. The second-order valence-corrected chi connectivity index (χ2v) is 5.59. The van der Waals surface area contributed by atoms with Crippen molar-refractivity contribution >= 4 is 16.7 Å². The summed E-state index contributed by atoms with van der Waals surface area (Å²) < 4.78 is 5.60. The Morgan fingerprint density at radius 1 is 1.17 bits per heavy atom. The van der Waals surface area contributed by atoms with Gasteiger partial charge in [-0.05, 0) is 26.2 Å². The van der Waals surface area contributed by atoms with Crippen LogP contribution in [0.25, 0.3) is 10.9 Å². The summed E-state index contributed by atoms with van der Waals surface area (Å²) in [7, 11) is 3.96. The number of rotatable bonds is 6.